The molecule has 4 aromatic rings. The normalized spacial score (nSPS) is 11.5. The lowest BCUT2D eigenvalue weighted by Crippen LogP contribution is -2.43. The van der Waals surface area contributed by atoms with Crippen LogP contribution in [0.15, 0.2) is 121 Å². The first-order valence-electron chi connectivity index (χ1n) is 11.2. The van der Waals surface area contributed by atoms with Gasteiger partial charge in [-0.2, -0.15) is 4.67 Å². The second kappa shape index (κ2) is 10.5. The fourth-order valence-electron chi connectivity index (χ4n) is 4.34. The van der Waals surface area contributed by atoms with Crippen LogP contribution in [0.1, 0.15) is 25.3 Å². The maximum atomic E-state index is 2.78. The number of hydrogen-bond donors (Lipinski definition) is 0. The first-order valence-corrected chi connectivity index (χ1v) is 12.9. The molecule has 0 unspecified atom stereocenters. The first kappa shape index (κ1) is 21.5. The molecular formula is C29H31NP+. The molecule has 31 heavy (non-hydrogen) atoms. The topological polar surface area (TPSA) is 3.24 Å². The molecule has 0 aliphatic heterocycles. The summed E-state index contributed by atoms with van der Waals surface area (Å²) in [5.41, 5.74) is 1.37. The van der Waals surface area contributed by atoms with Crippen LogP contribution in [0, 0.1) is 0 Å². The Morgan fingerprint density at radius 2 is 0.935 bits per heavy atom. The molecule has 0 heterocycles. The molecule has 2 heteroatoms. The second-order valence-electron chi connectivity index (χ2n) is 7.87. The van der Waals surface area contributed by atoms with E-state index in [2.05, 4.69) is 133 Å². The van der Waals surface area contributed by atoms with E-state index < -0.39 is 7.41 Å². The number of unbranched alkanes of at least 4 members (excludes halogenated alkanes) is 1. The predicted molar refractivity (Wildman–Crippen MR) is 137 cm³/mol. The van der Waals surface area contributed by atoms with E-state index in [1.54, 1.807) is 0 Å². The lowest BCUT2D eigenvalue weighted by Gasteiger charge is -2.37. The minimum atomic E-state index is -2.03. The highest BCUT2D eigenvalue weighted by Crippen LogP contribution is 2.59. The van der Waals surface area contributed by atoms with Gasteiger partial charge in [-0.25, -0.2) is 0 Å². The summed E-state index contributed by atoms with van der Waals surface area (Å²) in [5.74, 6) is 0. The van der Waals surface area contributed by atoms with Gasteiger partial charge in [-0.3, -0.25) is 0 Å². The Kier molecular flexibility index (Phi) is 7.30. The van der Waals surface area contributed by atoms with Crippen molar-refractivity contribution in [2.24, 2.45) is 0 Å². The Balaban J connectivity index is 1.98. The van der Waals surface area contributed by atoms with Crippen LogP contribution < -0.4 is 15.9 Å². The molecule has 0 aliphatic carbocycles. The van der Waals surface area contributed by atoms with Crippen LogP contribution in [0.4, 0.5) is 0 Å². The molecule has 0 aromatic heterocycles. The van der Waals surface area contributed by atoms with E-state index in [-0.39, 0.29) is 0 Å². The maximum absolute atomic E-state index is 2.78. The predicted octanol–water partition coefficient (Wildman–Crippen LogP) is 6.20. The molecule has 0 spiro atoms. The molecule has 0 atom stereocenters. The third-order valence-electron chi connectivity index (χ3n) is 5.79. The van der Waals surface area contributed by atoms with Crippen molar-refractivity contribution in [1.82, 2.24) is 4.67 Å². The molecule has 1 nitrogen and oxygen atoms in total. The summed E-state index contributed by atoms with van der Waals surface area (Å²) in [6.07, 6.45) is 2.37. The Morgan fingerprint density at radius 3 is 1.32 bits per heavy atom. The molecule has 0 N–H and O–H groups in total. The average Bonchev–Trinajstić information content (AvgIpc) is 2.85. The van der Waals surface area contributed by atoms with Crippen molar-refractivity contribution in [2.75, 3.05) is 6.54 Å². The van der Waals surface area contributed by atoms with Crippen molar-refractivity contribution < 1.29 is 0 Å². The van der Waals surface area contributed by atoms with Crippen molar-refractivity contribution in [3.05, 3.63) is 127 Å². The maximum Gasteiger partial charge on any atom is 0.181 e. The molecule has 0 saturated carbocycles. The molecular weight excluding hydrogens is 393 g/mol. The molecule has 0 saturated heterocycles. The minimum absolute atomic E-state index is 0.938. The van der Waals surface area contributed by atoms with Crippen LogP contribution in [0.5, 0.6) is 0 Å². The third kappa shape index (κ3) is 4.64. The van der Waals surface area contributed by atoms with Gasteiger partial charge in [-0.05, 0) is 48.4 Å². The zero-order valence-corrected chi connectivity index (χ0v) is 19.2. The van der Waals surface area contributed by atoms with Gasteiger partial charge in [0.15, 0.2) is 7.41 Å². The van der Waals surface area contributed by atoms with Crippen molar-refractivity contribution >= 4 is 23.3 Å². The largest absolute Gasteiger partial charge is 0.181 e. The highest BCUT2D eigenvalue weighted by atomic mass is 31.2. The summed E-state index contributed by atoms with van der Waals surface area (Å²) >= 11 is 0. The standard InChI is InChI=1S/C29H31NP/c1-2-3-24-30(25-26-16-8-4-9-17-26)31(27-18-10-5-11-19-27,28-20-12-6-13-21-28)29-22-14-7-15-23-29/h4-23H,2-3,24-25H2,1H3/q+1. The number of benzene rings is 4. The van der Waals surface area contributed by atoms with Gasteiger partial charge in [-0.1, -0.05) is 98.3 Å². The Bertz CT molecular complexity index is 936. The SMILES string of the molecule is CCCCN(Cc1ccccc1)[P+](c1ccccc1)(c1ccccc1)c1ccccc1. The van der Waals surface area contributed by atoms with Gasteiger partial charge in [0, 0.05) is 6.54 Å². The highest BCUT2D eigenvalue weighted by molar-refractivity contribution is 7.93. The third-order valence-corrected chi connectivity index (χ3v) is 10.1. The van der Waals surface area contributed by atoms with E-state index >= 15 is 0 Å². The van der Waals surface area contributed by atoms with E-state index in [9.17, 15) is 0 Å². The van der Waals surface area contributed by atoms with Gasteiger partial charge in [0.2, 0.25) is 0 Å². The van der Waals surface area contributed by atoms with Crippen molar-refractivity contribution in [3.63, 3.8) is 0 Å². The molecule has 4 rings (SSSR count). The molecule has 0 amide bonds. The summed E-state index contributed by atoms with van der Waals surface area (Å²) in [4.78, 5) is 0. The average molecular weight is 425 g/mol. The van der Waals surface area contributed by atoms with Gasteiger partial charge < -0.3 is 0 Å². The molecule has 4 aromatic carbocycles. The second-order valence-corrected chi connectivity index (χ2v) is 11.3. The molecule has 156 valence electrons. The van der Waals surface area contributed by atoms with Crippen LogP contribution in [0.2, 0.25) is 0 Å². The molecule has 0 bridgehead atoms. The molecule has 0 aliphatic rings. The smallest absolute Gasteiger partial charge is 0.162 e. The number of hydrogen-bond acceptors (Lipinski definition) is 1. The Labute approximate surface area is 187 Å². The fourth-order valence-corrected chi connectivity index (χ4v) is 8.84. The zero-order chi connectivity index (χ0) is 21.4. The van der Waals surface area contributed by atoms with Crippen LogP contribution >= 0.6 is 7.41 Å². The summed E-state index contributed by atoms with van der Waals surface area (Å²) in [6.45, 7) is 4.29. The molecule has 0 fully saturated rings. The van der Waals surface area contributed by atoms with E-state index in [1.807, 2.05) is 0 Å². The van der Waals surface area contributed by atoms with Crippen molar-refractivity contribution in [2.45, 2.75) is 26.3 Å². The van der Waals surface area contributed by atoms with E-state index in [0.717, 1.165) is 13.1 Å². The van der Waals surface area contributed by atoms with Crippen molar-refractivity contribution in [3.8, 4) is 0 Å². The highest BCUT2D eigenvalue weighted by Gasteiger charge is 2.51. The summed E-state index contributed by atoms with van der Waals surface area (Å²) < 4.78 is 2.78. The lowest BCUT2D eigenvalue weighted by molar-refractivity contribution is 0.438. The fraction of sp³-hybridized carbons (Fsp3) is 0.172. The van der Waals surface area contributed by atoms with Gasteiger partial charge in [0.05, 0.1) is 6.54 Å². The van der Waals surface area contributed by atoms with E-state index in [1.165, 1.54) is 34.3 Å². The Morgan fingerprint density at radius 1 is 0.548 bits per heavy atom. The monoisotopic (exact) mass is 424 g/mol. The van der Waals surface area contributed by atoms with Crippen LogP contribution in [0.3, 0.4) is 0 Å². The van der Waals surface area contributed by atoms with Crippen LogP contribution in [-0.4, -0.2) is 11.2 Å². The summed E-state index contributed by atoms with van der Waals surface area (Å²) in [7, 11) is -2.03. The van der Waals surface area contributed by atoms with Gasteiger partial charge >= 0.3 is 0 Å². The van der Waals surface area contributed by atoms with E-state index in [0.29, 0.717) is 0 Å². The number of rotatable bonds is 9. The quantitative estimate of drug-likeness (QED) is 0.289. The summed E-state index contributed by atoms with van der Waals surface area (Å²) in [6, 6.07) is 44.4. The van der Waals surface area contributed by atoms with Gasteiger partial charge in [0.1, 0.15) is 15.9 Å². The summed E-state index contributed by atoms with van der Waals surface area (Å²) in [5, 5.41) is 4.25. The zero-order valence-electron chi connectivity index (χ0n) is 18.3. The van der Waals surface area contributed by atoms with Gasteiger partial charge in [0.25, 0.3) is 0 Å². The van der Waals surface area contributed by atoms with Gasteiger partial charge in [-0.15, -0.1) is 0 Å². The first-order chi connectivity index (χ1) is 15.4. The molecule has 0 radical (unpaired) electrons. The Hall–Kier alpha value is -2.73. The van der Waals surface area contributed by atoms with Crippen LogP contribution in [0.25, 0.3) is 0 Å². The van der Waals surface area contributed by atoms with Crippen molar-refractivity contribution in [1.29, 1.82) is 0 Å². The number of nitrogens with zero attached hydrogens (tertiary/aromatic N) is 1. The van der Waals surface area contributed by atoms with Crippen LogP contribution in [-0.2, 0) is 6.54 Å². The minimum Gasteiger partial charge on any atom is -0.162 e. The van der Waals surface area contributed by atoms with E-state index in [4.69, 9.17) is 0 Å². The lowest BCUT2D eigenvalue weighted by atomic mass is 10.2.